The van der Waals surface area contributed by atoms with Crippen molar-refractivity contribution >= 4 is 27.8 Å². The molecule has 59 heavy (non-hydrogen) atoms. The highest BCUT2D eigenvalue weighted by molar-refractivity contribution is 6.05. The average molecular weight is 756 g/mol. The molecule has 0 heterocycles. The molecular formula is C58H45N. The van der Waals surface area contributed by atoms with E-state index in [1.54, 1.807) is 0 Å². The van der Waals surface area contributed by atoms with Crippen LogP contribution in [0.25, 0.3) is 66.4 Å². The van der Waals surface area contributed by atoms with E-state index < -0.39 is 0 Å². The van der Waals surface area contributed by atoms with Gasteiger partial charge in [0, 0.05) is 27.8 Å². The van der Waals surface area contributed by atoms with Gasteiger partial charge in [-0.05, 0) is 119 Å². The monoisotopic (exact) mass is 755 g/mol. The van der Waals surface area contributed by atoms with E-state index in [4.69, 9.17) is 0 Å². The van der Waals surface area contributed by atoms with Gasteiger partial charge in [0.1, 0.15) is 0 Å². The largest absolute Gasteiger partial charge is 0.310 e. The first-order valence-electron chi connectivity index (χ1n) is 20.8. The molecule has 2 aliphatic rings. The normalized spacial score (nSPS) is 14.0. The second-order valence-corrected chi connectivity index (χ2v) is 17.3. The van der Waals surface area contributed by atoms with Crippen molar-refractivity contribution in [1.82, 2.24) is 0 Å². The standard InChI is InChI=1S/C58H45N/c1-57(2)51-25-13-11-21-48(51)55-49(23-14-26-52(55)57)56-45(42-29-28-39-18-8-9-19-41(39)36-42)22-15-27-54(56)59(43-32-30-40(31-33-43)38-16-6-5-7-17-38)44-34-35-47-46-20-10-12-24-50(46)58(3,4)53(47)37-44/h5-37H,1-4H3. The summed E-state index contributed by atoms with van der Waals surface area (Å²) in [5, 5.41) is 2.48. The molecule has 0 spiro atoms. The summed E-state index contributed by atoms with van der Waals surface area (Å²) in [6.45, 7) is 9.50. The van der Waals surface area contributed by atoms with Gasteiger partial charge >= 0.3 is 0 Å². The number of nitrogens with zero attached hydrogens (tertiary/aromatic N) is 1. The van der Waals surface area contributed by atoms with Gasteiger partial charge in [-0.25, -0.2) is 0 Å². The van der Waals surface area contributed by atoms with Crippen molar-refractivity contribution in [2.45, 2.75) is 38.5 Å². The lowest BCUT2D eigenvalue weighted by molar-refractivity contribution is 0.660. The Balaban J connectivity index is 1.21. The molecular weight excluding hydrogens is 711 g/mol. The summed E-state index contributed by atoms with van der Waals surface area (Å²) in [6.07, 6.45) is 0. The summed E-state index contributed by atoms with van der Waals surface area (Å²) in [5.74, 6) is 0. The first-order valence-corrected chi connectivity index (χ1v) is 20.8. The minimum Gasteiger partial charge on any atom is -0.310 e. The minimum atomic E-state index is -0.143. The van der Waals surface area contributed by atoms with Crippen molar-refractivity contribution in [2.24, 2.45) is 0 Å². The third kappa shape index (κ3) is 5.45. The molecule has 0 amide bonds. The zero-order valence-corrected chi connectivity index (χ0v) is 34.0. The average Bonchev–Trinajstić information content (AvgIpc) is 3.66. The Morgan fingerprint density at radius 1 is 0.305 bits per heavy atom. The van der Waals surface area contributed by atoms with Crippen molar-refractivity contribution < 1.29 is 0 Å². The number of hydrogen-bond acceptors (Lipinski definition) is 1. The third-order valence-electron chi connectivity index (χ3n) is 13.3. The number of anilines is 3. The second-order valence-electron chi connectivity index (χ2n) is 17.3. The van der Waals surface area contributed by atoms with Gasteiger partial charge in [-0.3, -0.25) is 0 Å². The minimum absolute atomic E-state index is 0.131. The molecule has 1 nitrogen and oxygen atoms in total. The van der Waals surface area contributed by atoms with E-state index in [9.17, 15) is 0 Å². The Morgan fingerprint density at radius 3 is 1.64 bits per heavy atom. The molecule has 0 atom stereocenters. The van der Waals surface area contributed by atoms with Crippen LogP contribution in [0.5, 0.6) is 0 Å². The molecule has 0 saturated heterocycles. The van der Waals surface area contributed by atoms with Gasteiger partial charge in [-0.1, -0.05) is 191 Å². The van der Waals surface area contributed by atoms with Crippen LogP contribution < -0.4 is 4.90 Å². The zero-order valence-electron chi connectivity index (χ0n) is 34.0. The van der Waals surface area contributed by atoms with Gasteiger partial charge in [-0.2, -0.15) is 0 Å². The van der Waals surface area contributed by atoms with Gasteiger partial charge in [-0.15, -0.1) is 0 Å². The molecule has 0 unspecified atom stereocenters. The Hall–Kier alpha value is -6.96. The zero-order chi connectivity index (χ0) is 39.9. The lowest BCUT2D eigenvalue weighted by Crippen LogP contribution is -2.17. The van der Waals surface area contributed by atoms with E-state index in [-0.39, 0.29) is 10.8 Å². The third-order valence-corrected chi connectivity index (χ3v) is 13.3. The van der Waals surface area contributed by atoms with Crippen LogP contribution in [0.1, 0.15) is 49.9 Å². The quantitative estimate of drug-likeness (QED) is 0.163. The fraction of sp³-hybridized carbons (Fsp3) is 0.103. The van der Waals surface area contributed by atoms with Crippen LogP contribution >= 0.6 is 0 Å². The maximum atomic E-state index is 2.51. The predicted octanol–water partition coefficient (Wildman–Crippen LogP) is 15.9. The fourth-order valence-electron chi connectivity index (χ4n) is 10.3. The van der Waals surface area contributed by atoms with Gasteiger partial charge in [0.25, 0.3) is 0 Å². The summed E-state index contributed by atoms with van der Waals surface area (Å²) in [4.78, 5) is 2.51. The van der Waals surface area contributed by atoms with Gasteiger partial charge in [0.15, 0.2) is 0 Å². The molecule has 9 aromatic carbocycles. The molecule has 0 fully saturated rings. The molecule has 0 bridgehead atoms. The van der Waals surface area contributed by atoms with Crippen LogP contribution in [0.3, 0.4) is 0 Å². The lowest BCUT2D eigenvalue weighted by Gasteiger charge is -2.31. The number of fused-ring (bicyclic) bond motifs is 7. The van der Waals surface area contributed by atoms with E-state index in [0.29, 0.717) is 0 Å². The van der Waals surface area contributed by atoms with E-state index >= 15 is 0 Å². The molecule has 282 valence electrons. The number of benzene rings is 9. The van der Waals surface area contributed by atoms with E-state index in [2.05, 4.69) is 233 Å². The van der Waals surface area contributed by atoms with Crippen molar-refractivity contribution in [1.29, 1.82) is 0 Å². The molecule has 9 aromatic rings. The predicted molar refractivity (Wildman–Crippen MR) is 250 cm³/mol. The summed E-state index contributed by atoms with van der Waals surface area (Å²) in [6, 6.07) is 74.5. The van der Waals surface area contributed by atoms with E-state index in [1.807, 2.05) is 0 Å². The molecule has 0 radical (unpaired) electrons. The Labute approximate surface area is 347 Å². The Bertz CT molecular complexity index is 3090. The first kappa shape index (κ1) is 35.2. The summed E-state index contributed by atoms with van der Waals surface area (Å²) in [5.41, 5.74) is 21.2. The molecule has 11 rings (SSSR count). The van der Waals surface area contributed by atoms with Gasteiger partial charge in [0.05, 0.1) is 5.69 Å². The van der Waals surface area contributed by atoms with Crippen molar-refractivity contribution in [2.75, 3.05) is 4.90 Å². The van der Waals surface area contributed by atoms with Crippen LogP contribution in [0.2, 0.25) is 0 Å². The molecule has 2 aliphatic carbocycles. The van der Waals surface area contributed by atoms with Crippen LogP contribution in [0.4, 0.5) is 17.1 Å². The summed E-state index contributed by atoms with van der Waals surface area (Å²) < 4.78 is 0. The molecule has 1 heteroatoms. The van der Waals surface area contributed by atoms with Crippen molar-refractivity contribution in [3.8, 4) is 55.6 Å². The van der Waals surface area contributed by atoms with Crippen LogP contribution in [-0.2, 0) is 10.8 Å². The highest BCUT2D eigenvalue weighted by Crippen LogP contribution is 2.56. The van der Waals surface area contributed by atoms with Crippen LogP contribution in [-0.4, -0.2) is 0 Å². The van der Waals surface area contributed by atoms with Crippen LogP contribution in [0.15, 0.2) is 200 Å². The number of rotatable bonds is 6. The Kier molecular flexibility index (Phi) is 7.94. The highest BCUT2D eigenvalue weighted by atomic mass is 15.1. The summed E-state index contributed by atoms with van der Waals surface area (Å²) >= 11 is 0. The van der Waals surface area contributed by atoms with Crippen molar-refractivity contribution in [3.63, 3.8) is 0 Å². The molecule has 0 saturated carbocycles. The maximum absolute atomic E-state index is 2.51. The van der Waals surface area contributed by atoms with Gasteiger partial charge in [0.2, 0.25) is 0 Å². The summed E-state index contributed by atoms with van der Waals surface area (Å²) in [7, 11) is 0. The Morgan fingerprint density at radius 2 is 0.847 bits per heavy atom. The molecule has 0 aromatic heterocycles. The topological polar surface area (TPSA) is 3.24 Å². The van der Waals surface area contributed by atoms with Crippen LogP contribution in [0, 0.1) is 0 Å². The number of hydrogen-bond donors (Lipinski definition) is 0. The van der Waals surface area contributed by atoms with E-state index in [1.165, 1.54) is 88.7 Å². The van der Waals surface area contributed by atoms with Gasteiger partial charge < -0.3 is 4.90 Å². The lowest BCUT2D eigenvalue weighted by atomic mass is 9.81. The fourth-order valence-corrected chi connectivity index (χ4v) is 10.3. The maximum Gasteiger partial charge on any atom is 0.0546 e. The second kappa shape index (κ2) is 13.3. The molecule has 0 aliphatic heterocycles. The highest BCUT2D eigenvalue weighted by Gasteiger charge is 2.39. The first-order chi connectivity index (χ1) is 28.8. The smallest absolute Gasteiger partial charge is 0.0546 e. The molecule has 0 N–H and O–H groups in total. The van der Waals surface area contributed by atoms with Crippen molar-refractivity contribution in [3.05, 3.63) is 222 Å². The van der Waals surface area contributed by atoms with E-state index in [0.717, 1.165) is 17.1 Å². The SMILES string of the molecule is CC1(C)c2ccccc2-c2ccc(N(c3ccc(-c4ccccc4)cc3)c3cccc(-c4ccc5ccccc5c4)c3-c3cccc4c3-c3ccccc3C4(C)C)cc21.